The summed E-state index contributed by atoms with van der Waals surface area (Å²) < 4.78 is 7.76. The normalized spacial score (nSPS) is 20.2. The van der Waals surface area contributed by atoms with Gasteiger partial charge < -0.3 is 25.7 Å². The number of para-hydroxylation sites is 1. The van der Waals surface area contributed by atoms with Gasteiger partial charge in [-0.25, -0.2) is 4.98 Å². The van der Waals surface area contributed by atoms with E-state index >= 15 is 0 Å². The van der Waals surface area contributed by atoms with Crippen LogP contribution in [0.15, 0.2) is 30.6 Å². The van der Waals surface area contributed by atoms with Crippen molar-refractivity contribution in [2.75, 3.05) is 24.3 Å². The van der Waals surface area contributed by atoms with E-state index in [4.69, 9.17) is 25.4 Å². The summed E-state index contributed by atoms with van der Waals surface area (Å²) in [7, 11) is 1.71. The third kappa shape index (κ3) is 6.29. The molecule has 0 bridgehead atoms. The predicted octanol–water partition coefficient (Wildman–Crippen LogP) is 5.13. The smallest absolute Gasteiger partial charge is 0.227 e. The fourth-order valence-corrected chi connectivity index (χ4v) is 5.23. The van der Waals surface area contributed by atoms with Gasteiger partial charge in [0, 0.05) is 24.7 Å². The molecular weight excluding hydrogens is 485 g/mol. The molecule has 0 amide bonds. The Kier molecular flexibility index (Phi) is 9.83. The SMILES string of the molecule is COc1ccccc1CCNc1nc(NC2CCC(N)CC2)nc2c1ncn2C1CCCC1.Cl.Cl. The van der Waals surface area contributed by atoms with Gasteiger partial charge in [-0.2, -0.15) is 9.97 Å². The average molecular weight is 523 g/mol. The molecule has 3 aromatic rings. The van der Waals surface area contributed by atoms with Crippen LogP contribution in [0.4, 0.5) is 11.8 Å². The number of hydrogen-bond acceptors (Lipinski definition) is 7. The van der Waals surface area contributed by atoms with Crippen LogP contribution in [0.2, 0.25) is 0 Å². The Morgan fingerprint density at radius 1 is 1.03 bits per heavy atom. The molecule has 0 saturated heterocycles. The highest BCUT2D eigenvalue weighted by atomic mass is 35.5. The number of nitrogens with one attached hydrogen (secondary N) is 2. The molecule has 2 heterocycles. The fourth-order valence-electron chi connectivity index (χ4n) is 5.23. The summed E-state index contributed by atoms with van der Waals surface area (Å²) in [5.41, 5.74) is 9.04. The minimum atomic E-state index is 0. The molecule has 0 unspecified atom stereocenters. The number of halogens is 2. The number of methoxy groups -OCH3 is 1. The van der Waals surface area contributed by atoms with Gasteiger partial charge in [0.15, 0.2) is 17.0 Å². The first-order valence-corrected chi connectivity index (χ1v) is 12.3. The summed E-state index contributed by atoms with van der Waals surface area (Å²) in [6, 6.07) is 9.31. The van der Waals surface area contributed by atoms with Crippen molar-refractivity contribution in [2.45, 2.75) is 75.9 Å². The van der Waals surface area contributed by atoms with Crippen molar-refractivity contribution in [3.63, 3.8) is 0 Å². The molecule has 1 aromatic carbocycles. The number of nitrogens with two attached hydrogens (primary N) is 1. The molecule has 0 spiro atoms. The summed E-state index contributed by atoms with van der Waals surface area (Å²) >= 11 is 0. The second-order valence-electron chi connectivity index (χ2n) is 9.40. The molecule has 192 valence electrons. The first kappa shape index (κ1) is 27.3. The molecule has 0 radical (unpaired) electrons. The second kappa shape index (κ2) is 12.6. The molecule has 0 atom stereocenters. The molecule has 2 fully saturated rings. The number of hydrogen-bond donors (Lipinski definition) is 3. The van der Waals surface area contributed by atoms with Gasteiger partial charge >= 0.3 is 0 Å². The van der Waals surface area contributed by atoms with E-state index in [9.17, 15) is 0 Å². The first-order valence-electron chi connectivity index (χ1n) is 12.3. The number of fused-ring (bicyclic) bond motifs is 1. The van der Waals surface area contributed by atoms with Crippen molar-refractivity contribution < 1.29 is 4.74 Å². The number of nitrogens with zero attached hydrogens (tertiary/aromatic N) is 4. The maximum atomic E-state index is 6.10. The zero-order valence-corrected chi connectivity index (χ0v) is 21.9. The maximum absolute atomic E-state index is 6.10. The number of imidazole rings is 1. The van der Waals surface area contributed by atoms with E-state index in [1.165, 1.54) is 31.2 Å². The van der Waals surface area contributed by atoms with Crippen molar-refractivity contribution in [3.8, 4) is 5.75 Å². The topological polar surface area (TPSA) is 103 Å². The van der Waals surface area contributed by atoms with Crippen LogP contribution < -0.4 is 21.1 Å². The standard InChI is InChI=1S/C25H35N7O.2ClH/c1-33-21-9-5-2-6-17(21)14-15-27-23-22-24(32(16-28-22)20-7-3-4-8-20)31-25(30-23)29-19-12-10-18(26)11-13-19;;/h2,5-6,9,16,18-20H,3-4,7-8,10-15,26H2,1H3,(H2,27,29,30,31);2*1H. The van der Waals surface area contributed by atoms with Crippen LogP contribution in [-0.2, 0) is 6.42 Å². The Morgan fingerprint density at radius 3 is 2.51 bits per heavy atom. The molecule has 2 aliphatic rings. The number of rotatable bonds is 8. The van der Waals surface area contributed by atoms with Crippen LogP contribution in [0.1, 0.15) is 63.0 Å². The number of ether oxygens (including phenoxy) is 1. The number of aromatic nitrogens is 4. The summed E-state index contributed by atoms with van der Waals surface area (Å²) in [6.45, 7) is 0.737. The highest BCUT2D eigenvalue weighted by Gasteiger charge is 2.23. The lowest BCUT2D eigenvalue weighted by atomic mass is 9.92. The zero-order valence-electron chi connectivity index (χ0n) is 20.3. The molecule has 2 aromatic heterocycles. The quantitative estimate of drug-likeness (QED) is 0.377. The van der Waals surface area contributed by atoms with Gasteiger partial charge in [0.25, 0.3) is 0 Å². The summed E-state index contributed by atoms with van der Waals surface area (Å²) in [5.74, 6) is 2.39. The molecule has 10 heteroatoms. The largest absolute Gasteiger partial charge is 0.496 e. The summed E-state index contributed by atoms with van der Waals surface area (Å²) in [5, 5.41) is 7.12. The second-order valence-corrected chi connectivity index (χ2v) is 9.40. The van der Waals surface area contributed by atoms with E-state index in [2.05, 4.69) is 21.3 Å². The average Bonchev–Trinajstić information content (AvgIpc) is 3.51. The first-order chi connectivity index (χ1) is 16.2. The summed E-state index contributed by atoms with van der Waals surface area (Å²) in [6.07, 6.45) is 11.9. The van der Waals surface area contributed by atoms with Gasteiger partial charge in [-0.15, -0.1) is 24.8 Å². The highest BCUT2D eigenvalue weighted by molar-refractivity contribution is 5.86. The lowest BCUT2D eigenvalue weighted by molar-refractivity contribution is 0.410. The molecule has 4 N–H and O–H groups in total. The van der Waals surface area contributed by atoms with Crippen molar-refractivity contribution in [1.82, 2.24) is 19.5 Å². The van der Waals surface area contributed by atoms with Gasteiger partial charge in [-0.3, -0.25) is 0 Å². The number of anilines is 2. The molecule has 2 aliphatic carbocycles. The van der Waals surface area contributed by atoms with Crippen LogP contribution in [0.3, 0.4) is 0 Å². The zero-order chi connectivity index (χ0) is 22.6. The van der Waals surface area contributed by atoms with E-state index < -0.39 is 0 Å². The highest BCUT2D eigenvalue weighted by Crippen LogP contribution is 2.33. The van der Waals surface area contributed by atoms with Crippen molar-refractivity contribution in [1.29, 1.82) is 0 Å². The fraction of sp³-hybridized carbons (Fsp3) is 0.560. The van der Waals surface area contributed by atoms with Crippen LogP contribution in [0, 0.1) is 0 Å². The molecule has 0 aliphatic heterocycles. The van der Waals surface area contributed by atoms with Crippen LogP contribution >= 0.6 is 24.8 Å². The van der Waals surface area contributed by atoms with E-state index in [1.54, 1.807) is 7.11 Å². The van der Waals surface area contributed by atoms with Crippen molar-refractivity contribution >= 4 is 47.7 Å². The predicted molar refractivity (Wildman–Crippen MR) is 146 cm³/mol. The molecule has 35 heavy (non-hydrogen) atoms. The van der Waals surface area contributed by atoms with E-state index in [1.807, 2.05) is 24.5 Å². The van der Waals surface area contributed by atoms with Crippen molar-refractivity contribution in [3.05, 3.63) is 36.2 Å². The van der Waals surface area contributed by atoms with E-state index in [0.717, 1.165) is 61.4 Å². The van der Waals surface area contributed by atoms with E-state index in [-0.39, 0.29) is 24.8 Å². The lowest BCUT2D eigenvalue weighted by Crippen LogP contribution is -2.33. The minimum absolute atomic E-state index is 0. The minimum Gasteiger partial charge on any atom is -0.496 e. The lowest BCUT2D eigenvalue weighted by Gasteiger charge is -2.27. The molecule has 5 rings (SSSR count). The van der Waals surface area contributed by atoms with Gasteiger partial charge in [-0.05, 0) is 56.6 Å². The van der Waals surface area contributed by atoms with Crippen LogP contribution in [0.5, 0.6) is 5.75 Å². The van der Waals surface area contributed by atoms with Gasteiger partial charge in [-0.1, -0.05) is 31.0 Å². The van der Waals surface area contributed by atoms with E-state index in [0.29, 0.717) is 24.1 Å². The Balaban J connectivity index is 0.00000171. The Labute approximate surface area is 219 Å². The monoisotopic (exact) mass is 521 g/mol. The van der Waals surface area contributed by atoms with Crippen molar-refractivity contribution in [2.24, 2.45) is 5.73 Å². The Morgan fingerprint density at radius 2 is 1.77 bits per heavy atom. The molecule has 8 nitrogen and oxygen atoms in total. The number of benzene rings is 1. The summed E-state index contributed by atoms with van der Waals surface area (Å²) in [4.78, 5) is 14.5. The van der Waals surface area contributed by atoms with Gasteiger partial charge in [0.1, 0.15) is 5.75 Å². The Hall–Kier alpha value is -2.29. The molecule has 2 saturated carbocycles. The third-order valence-corrected chi connectivity index (χ3v) is 7.12. The Bertz CT molecular complexity index is 1080. The van der Waals surface area contributed by atoms with Gasteiger partial charge in [0.05, 0.1) is 13.4 Å². The van der Waals surface area contributed by atoms with Crippen LogP contribution in [0.25, 0.3) is 11.2 Å². The van der Waals surface area contributed by atoms with Crippen LogP contribution in [-0.4, -0.2) is 45.3 Å². The molecular formula is C25H37Cl2N7O. The van der Waals surface area contributed by atoms with Gasteiger partial charge in [0.2, 0.25) is 5.95 Å². The maximum Gasteiger partial charge on any atom is 0.227 e. The third-order valence-electron chi connectivity index (χ3n) is 7.12.